The standard InChI is InChI=1S/C18H16O5/c19-18-15-7-16-17(6-13(15)9-22-18)23-14(11-21-16)10-20-8-12-4-2-1-3-5-12/h1-7,14H,8-11H2. The molecule has 2 aromatic rings. The van der Waals surface area contributed by atoms with Crippen LogP contribution in [0.25, 0.3) is 0 Å². The third-order valence-electron chi connectivity index (χ3n) is 3.88. The lowest BCUT2D eigenvalue weighted by molar-refractivity contribution is 0.00265. The van der Waals surface area contributed by atoms with Gasteiger partial charge in [-0.3, -0.25) is 0 Å². The fraction of sp³-hybridized carbons (Fsp3) is 0.278. The summed E-state index contributed by atoms with van der Waals surface area (Å²) in [6.07, 6.45) is -0.165. The summed E-state index contributed by atoms with van der Waals surface area (Å²) in [5.74, 6) is 0.920. The smallest absolute Gasteiger partial charge is 0.339 e. The van der Waals surface area contributed by atoms with Crippen LogP contribution in [0.2, 0.25) is 0 Å². The van der Waals surface area contributed by atoms with Gasteiger partial charge in [-0.05, 0) is 17.7 Å². The Labute approximate surface area is 133 Å². The van der Waals surface area contributed by atoms with Crippen LogP contribution >= 0.6 is 0 Å². The SMILES string of the molecule is O=C1OCc2cc3c(cc21)OCC(COCc1ccccc1)O3. The first kappa shape index (κ1) is 14.1. The molecule has 0 spiro atoms. The largest absolute Gasteiger partial charge is 0.486 e. The molecule has 4 rings (SSSR count). The van der Waals surface area contributed by atoms with Gasteiger partial charge in [0.2, 0.25) is 0 Å². The average molecular weight is 312 g/mol. The van der Waals surface area contributed by atoms with Crippen LogP contribution in [0, 0.1) is 0 Å². The van der Waals surface area contributed by atoms with Crippen molar-refractivity contribution in [2.45, 2.75) is 19.3 Å². The zero-order valence-electron chi connectivity index (χ0n) is 12.5. The lowest BCUT2D eigenvalue weighted by Crippen LogP contribution is -2.33. The number of carbonyl (C=O) groups excluding carboxylic acids is 1. The molecule has 2 aromatic carbocycles. The van der Waals surface area contributed by atoms with Gasteiger partial charge in [-0.2, -0.15) is 0 Å². The molecule has 0 bridgehead atoms. The highest BCUT2D eigenvalue weighted by Gasteiger charge is 2.28. The van der Waals surface area contributed by atoms with Gasteiger partial charge in [-0.15, -0.1) is 0 Å². The molecule has 23 heavy (non-hydrogen) atoms. The topological polar surface area (TPSA) is 54.0 Å². The highest BCUT2D eigenvalue weighted by molar-refractivity contribution is 5.94. The first-order chi connectivity index (χ1) is 11.3. The van der Waals surface area contributed by atoms with Crippen molar-refractivity contribution < 1.29 is 23.7 Å². The van der Waals surface area contributed by atoms with Crippen LogP contribution in [-0.2, 0) is 22.7 Å². The van der Waals surface area contributed by atoms with Crippen molar-refractivity contribution in [1.29, 1.82) is 0 Å². The van der Waals surface area contributed by atoms with Crippen LogP contribution in [0.1, 0.15) is 21.5 Å². The molecular weight excluding hydrogens is 296 g/mol. The van der Waals surface area contributed by atoms with Crippen molar-refractivity contribution >= 4 is 5.97 Å². The van der Waals surface area contributed by atoms with Crippen LogP contribution in [0.5, 0.6) is 11.5 Å². The minimum Gasteiger partial charge on any atom is -0.486 e. The third-order valence-corrected chi connectivity index (χ3v) is 3.88. The molecule has 0 aromatic heterocycles. The number of benzene rings is 2. The van der Waals surface area contributed by atoms with E-state index in [9.17, 15) is 4.79 Å². The maximum atomic E-state index is 11.6. The van der Waals surface area contributed by atoms with Crippen molar-refractivity contribution in [3.8, 4) is 11.5 Å². The highest BCUT2D eigenvalue weighted by atomic mass is 16.6. The molecule has 5 heteroatoms. The number of hydrogen-bond acceptors (Lipinski definition) is 5. The summed E-state index contributed by atoms with van der Waals surface area (Å²) in [6, 6.07) is 13.5. The van der Waals surface area contributed by atoms with Crippen molar-refractivity contribution in [1.82, 2.24) is 0 Å². The molecule has 2 aliphatic heterocycles. The van der Waals surface area contributed by atoms with E-state index >= 15 is 0 Å². The van der Waals surface area contributed by atoms with Gasteiger partial charge in [0.05, 0.1) is 18.8 Å². The summed E-state index contributed by atoms with van der Waals surface area (Å²) in [6.45, 7) is 1.68. The van der Waals surface area contributed by atoms with Crippen LogP contribution in [0.3, 0.4) is 0 Å². The maximum Gasteiger partial charge on any atom is 0.339 e. The minimum atomic E-state index is -0.306. The molecule has 0 radical (unpaired) electrons. The predicted octanol–water partition coefficient (Wildman–Crippen LogP) is 2.71. The molecule has 0 saturated heterocycles. The Morgan fingerprint density at radius 3 is 2.83 bits per heavy atom. The number of fused-ring (bicyclic) bond motifs is 2. The van der Waals surface area contributed by atoms with E-state index in [2.05, 4.69) is 0 Å². The molecule has 0 saturated carbocycles. The number of hydrogen-bond donors (Lipinski definition) is 0. The normalized spacial score (nSPS) is 18.4. The molecule has 2 heterocycles. The molecule has 0 fully saturated rings. The van der Waals surface area contributed by atoms with E-state index in [0.717, 1.165) is 11.1 Å². The molecule has 1 unspecified atom stereocenters. The van der Waals surface area contributed by atoms with Gasteiger partial charge < -0.3 is 18.9 Å². The van der Waals surface area contributed by atoms with Gasteiger partial charge in [0.15, 0.2) is 17.6 Å². The van der Waals surface area contributed by atoms with Crippen LogP contribution < -0.4 is 9.47 Å². The zero-order valence-corrected chi connectivity index (χ0v) is 12.5. The van der Waals surface area contributed by atoms with E-state index in [-0.39, 0.29) is 12.1 Å². The van der Waals surface area contributed by atoms with E-state index < -0.39 is 0 Å². The van der Waals surface area contributed by atoms with E-state index in [4.69, 9.17) is 18.9 Å². The van der Waals surface area contributed by atoms with Gasteiger partial charge in [0.1, 0.15) is 13.2 Å². The van der Waals surface area contributed by atoms with Gasteiger partial charge in [0.25, 0.3) is 0 Å². The fourth-order valence-corrected chi connectivity index (χ4v) is 2.70. The van der Waals surface area contributed by atoms with E-state index in [1.807, 2.05) is 36.4 Å². The molecule has 0 N–H and O–H groups in total. The lowest BCUT2D eigenvalue weighted by atomic mass is 10.1. The molecule has 0 amide bonds. The van der Waals surface area contributed by atoms with Gasteiger partial charge in [0, 0.05) is 5.56 Å². The zero-order chi connectivity index (χ0) is 15.6. The van der Waals surface area contributed by atoms with Crippen molar-refractivity contribution in [3.63, 3.8) is 0 Å². The Morgan fingerprint density at radius 1 is 1.09 bits per heavy atom. The van der Waals surface area contributed by atoms with Crippen molar-refractivity contribution in [3.05, 3.63) is 59.2 Å². The Balaban J connectivity index is 1.38. The summed E-state index contributed by atoms with van der Waals surface area (Å²) in [7, 11) is 0. The molecule has 2 aliphatic rings. The summed E-state index contributed by atoms with van der Waals surface area (Å²) in [5.41, 5.74) is 2.52. The number of rotatable bonds is 4. The second kappa shape index (κ2) is 5.93. The van der Waals surface area contributed by atoms with Gasteiger partial charge in [-0.1, -0.05) is 30.3 Å². The van der Waals surface area contributed by atoms with E-state index in [0.29, 0.717) is 43.5 Å². The number of esters is 1. The van der Waals surface area contributed by atoms with Gasteiger partial charge in [-0.25, -0.2) is 4.79 Å². The van der Waals surface area contributed by atoms with E-state index in [1.165, 1.54) is 0 Å². The summed E-state index contributed by atoms with van der Waals surface area (Å²) in [4.78, 5) is 11.6. The van der Waals surface area contributed by atoms with Crippen molar-refractivity contribution in [2.24, 2.45) is 0 Å². The fourth-order valence-electron chi connectivity index (χ4n) is 2.70. The Hall–Kier alpha value is -2.53. The number of carbonyl (C=O) groups is 1. The second-order valence-electron chi connectivity index (χ2n) is 5.58. The van der Waals surface area contributed by atoms with Crippen LogP contribution in [-0.4, -0.2) is 25.3 Å². The van der Waals surface area contributed by atoms with Gasteiger partial charge >= 0.3 is 5.97 Å². The molecule has 5 nitrogen and oxygen atoms in total. The molecular formula is C18H16O5. The van der Waals surface area contributed by atoms with Crippen LogP contribution in [0.4, 0.5) is 0 Å². The Morgan fingerprint density at radius 2 is 1.96 bits per heavy atom. The Bertz CT molecular complexity index is 726. The molecule has 118 valence electrons. The highest BCUT2D eigenvalue weighted by Crippen LogP contribution is 2.37. The monoisotopic (exact) mass is 312 g/mol. The third kappa shape index (κ3) is 2.87. The van der Waals surface area contributed by atoms with Crippen LogP contribution in [0.15, 0.2) is 42.5 Å². The second-order valence-corrected chi connectivity index (χ2v) is 5.58. The van der Waals surface area contributed by atoms with Crippen molar-refractivity contribution in [2.75, 3.05) is 13.2 Å². The summed E-state index contributed by atoms with van der Waals surface area (Å²) >= 11 is 0. The summed E-state index contributed by atoms with van der Waals surface area (Å²) < 4.78 is 22.3. The Kier molecular flexibility index (Phi) is 3.63. The minimum absolute atomic E-state index is 0.165. The molecule has 1 atom stereocenters. The molecule has 0 aliphatic carbocycles. The lowest BCUT2D eigenvalue weighted by Gasteiger charge is -2.26. The average Bonchev–Trinajstić information content (AvgIpc) is 2.94. The quantitative estimate of drug-likeness (QED) is 0.813. The number of cyclic esters (lactones) is 1. The first-order valence-electron chi connectivity index (χ1n) is 7.55. The predicted molar refractivity (Wildman–Crippen MR) is 81.6 cm³/mol. The summed E-state index contributed by atoms with van der Waals surface area (Å²) in [5, 5.41) is 0. The number of ether oxygens (including phenoxy) is 4. The first-order valence-corrected chi connectivity index (χ1v) is 7.55. The maximum absolute atomic E-state index is 11.6. The van der Waals surface area contributed by atoms with E-state index in [1.54, 1.807) is 6.07 Å².